The zero-order chi connectivity index (χ0) is 24.4. The second-order valence-corrected chi connectivity index (χ2v) is 9.57. The van der Waals surface area contributed by atoms with Gasteiger partial charge in [-0.1, -0.05) is 64.5 Å². The number of amides is 2. The number of fused-ring (bicyclic) bond motifs is 3. The molecule has 0 aromatic heterocycles. The molecule has 174 valence electrons. The van der Waals surface area contributed by atoms with Gasteiger partial charge in [0.15, 0.2) is 0 Å². The van der Waals surface area contributed by atoms with Crippen molar-refractivity contribution in [3.8, 4) is 11.1 Å². The molecular formula is C25H20Br2N2O5. The highest BCUT2D eigenvalue weighted by molar-refractivity contribution is 9.11. The second kappa shape index (κ2) is 9.99. The van der Waals surface area contributed by atoms with E-state index in [1.54, 1.807) is 6.07 Å². The van der Waals surface area contributed by atoms with Crippen LogP contribution >= 0.6 is 31.9 Å². The summed E-state index contributed by atoms with van der Waals surface area (Å²) in [4.78, 5) is 36.7. The quantitative estimate of drug-likeness (QED) is 0.339. The van der Waals surface area contributed by atoms with Crippen LogP contribution in [0.5, 0.6) is 0 Å². The average Bonchev–Trinajstić information content (AvgIpc) is 3.12. The van der Waals surface area contributed by atoms with E-state index in [1.807, 2.05) is 48.5 Å². The molecule has 3 aromatic rings. The third-order valence-electron chi connectivity index (χ3n) is 5.60. The first kappa shape index (κ1) is 24.0. The molecule has 0 saturated heterocycles. The van der Waals surface area contributed by atoms with Crippen LogP contribution in [0.25, 0.3) is 11.1 Å². The molecule has 0 radical (unpaired) electrons. The van der Waals surface area contributed by atoms with Gasteiger partial charge >= 0.3 is 12.1 Å². The van der Waals surface area contributed by atoms with Crippen molar-refractivity contribution in [3.05, 3.63) is 86.3 Å². The number of hydrogen-bond acceptors (Lipinski definition) is 4. The van der Waals surface area contributed by atoms with Crippen LogP contribution in [0.2, 0.25) is 0 Å². The summed E-state index contributed by atoms with van der Waals surface area (Å²) in [6, 6.07) is 18.0. The van der Waals surface area contributed by atoms with Crippen molar-refractivity contribution >= 4 is 55.5 Å². The Labute approximate surface area is 212 Å². The summed E-state index contributed by atoms with van der Waals surface area (Å²) in [5, 5.41) is 14.5. The summed E-state index contributed by atoms with van der Waals surface area (Å²) in [5.41, 5.74) is 4.42. The van der Waals surface area contributed by atoms with Crippen molar-refractivity contribution < 1.29 is 24.2 Å². The number of benzene rings is 3. The predicted octanol–water partition coefficient (Wildman–Crippen LogP) is 5.78. The lowest BCUT2D eigenvalue weighted by Crippen LogP contribution is -2.42. The first-order valence-electron chi connectivity index (χ1n) is 10.4. The monoisotopic (exact) mass is 586 g/mol. The number of carboxylic acids is 1. The molecule has 0 bridgehead atoms. The Hall–Kier alpha value is -3.17. The van der Waals surface area contributed by atoms with Crippen molar-refractivity contribution in [2.45, 2.75) is 18.9 Å². The highest BCUT2D eigenvalue weighted by atomic mass is 79.9. The van der Waals surface area contributed by atoms with Crippen LogP contribution in [-0.2, 0) is 9.53 Å². The molecule has 9 heteroatoms. The van der Waals surface area contributed by atoms with Crippen molar-refractivity contribution in [1.82, 2.24) is 5.32 Å². The molecule has 3 N–H and O–H groups in total. The molecule has 0 fully saturated rings. The van der Waals surface area contributed by atoms with E-state index in [0.29, 0.717) is 8.95 Å². The maximum Gasteiger partial charge on any atom is 0.407 e. The lowest BCUT2D eigenvalue weighted by atomic mass is 9.98. The maximum atomic E-state index is 12.6. The standard InChI is InChI=1S/C25H20Br2N2O5/c1-13(23(30)29-22-19(24(31)32)10-14(26)11-21(22)27)28-25(33)34-12-20-17-8-4-2-6-15(17)16-7-3-5-9-18(16)20/h2-11,13,20H,12H2,1H3,(H,28,33)(H,29,30)(H,31,32)/t13-/m0/s1. The van der Waals surface area contributed by atoms with Gasteiger partial charge < -0.3 is 20.5 Å². The molecule has 1 aliphatic rings. The number of carbonyl (C=O) groups excluding carboxylic acids is 2. The third kappa shape index (κ3) is 4.85. The summed E-state index contributed by atoms with van der Waals surface area (Å²) < 4.78 is 6.40. The number of rotatable bonds is 6. The fraction of sp³-hybridized carbons (Fsp3) is 0.160. The normalized spacial score (nSPS) is 12.9. The van der Waals surface area contributed by atoms with E-state index in [-0.39, 0.29) is 23.8 Å². The first-order chi connectivity index (χ1) is 16.3. The first-order valence-corrected chi connectivity index (χ1v) is 12.0. The van der Waals surface area contributed by atoms with Crippen LogP contribution in [0.3, 0.4) is 0 Å². The number of hydrogen-bond donors (Lipinski definition) is 3. The number of ether oxygens (including phenoxy) is 1. The zero-order valence-corrected chi connectivity index (χ0v) is 21.1. The average molecular weight is 588 g/mol. The molecular weight excluding hydrogens is 568 g/mol. The molecule has 0 spiro atoms. The van der Waals surface area contributed by atoms with Crippen molar-refractivity contribution in [3.63, 3.8) is 0 Å². The number of alkyl carbamates (subject to hydrolysis) is 1. The van der Waals surface area contributed by atoms with Crippen molar-refractivity contribution in [2.75, 3.05) is 11.9 Å². The van der Waals surface area contributed by atoms with Crippen LogP contribution in [-0.4, -0.2) is 35.7 Å². The molecule has 7 nitrogen and oxygen atoms in total. The van der Waals surface area contributed by atoms with E-state index in [4.69, 9.17) is 4.74 Å². The molecule has 0 saturated carbocycles. The fourth-order valence-electron chi connectivity index (χ4n) is 3.98. The van der Waals surface area contributed by atoms with Gasteiger partial charge in [0.1, 0.15) is 12.6 Å². The van der Waals surface area contributed by atoms with E-state index < -0.39 is 24.0 Å². The van der Waals surface area contributed by atoms with Gasteiger partial charge in [-0.3, -0.25) is 4.79 Å². The largest absolute Gasteiger partial charge is 0.478 e. The SMILES string of the molecule is C[C@H](NC(=O)OCC1c2ccccc2-c2ccccc21)C(=O)Nc1c(Br)cc(Br)cc1C(=O)O. The summed E-state index contributed by atoms with van der Waals surface area (Å²) >= 11 is 6.49. The Bertz CT molecular complexity index is 1250. The minimum Gasteiger partial charge on any atom is -0.478 e. The van der Waals surface area contributed by atoms with Gasteiger partial charge in [-0.25, -0.2) is 9.59 Å². The Morgan fingerprint density at radius 1 is 1.00 bits per heavy atom. The number of anilines is 1. The summed E-state index contributed by atoms with van der Waals surface area (Å²) in [6.07, 6.45) is -0.738. The third-order valence-corrected chi connectivity index (χ3v) is 6.69. The maximum absolute atomic E-state index is 12.6. The number of halogens is 2. The zero-order valence-electron chi connectivity index (χ0n) is 18.0. The molecule has 3 aromatic carbocycles. The van der Waals surface area contributed by atoms with Gasteiger partial charge in [0, 0.05) is 14.9 Å². The van der Waals surface area contributed by atoms with Crippen molar-refractivity contribution in [1.29, 1.82) is 0 Å². The van der Waals surface area contributed by atoms with E-state index in [1.165, 1.54) is 13.0 Å². The minimum atomic E-state index is -1.20. The smallest absolute Gasteiger partial charge is 0.407 e. The topological polar surface area (TPSA) is 105 Å². The molecule has 0 unspecified atom stereocenters. The number of aromatic carboxylic acids is 1. The molecule has 1 atom stereocenters. The molecule has 34 heavy (non-hydrogen) atoms. The van der Waals surface area contributed by atoms with Gasteiger partial charge in [-0.15, -0.1) is 0 Å². The highest BCUT2D eigenvalue weighted by Crippen LogP contribution is 2.44. The minimum absolute atomic E-state index is 0.0945. The highest BCUT2D eigenvalue weighted by Gasteiger charge is 2.29. The van der Waals surface area contributed by atoms with Gasteiger partial charge in [0.05, 0.1) is 11.3 Å². The van der Waals surface area contributed by atoms with Crippen LogP contribution in [0.1, 0.15) is 34.3 Å². The lowest BCUT2D eigenvalue weighted by molar-refractivity contribution is -0.117. The Morgan fingerprint density at radius 2 is 1.59 bits per heavy atom. The summed E-state index contributed by atoms with van der Waals surface area (Å²) in [6.45, 7) is 1.61. The van der Waals surface area contributed by atoms with Gasteiger partial charge in [0.25, 0.3) is 0 Å². The van der Waals surface area contributed by atoms with Crippen LogP contribution in [0.4, 0.5) is 10.5 Å². The van der Waals surface area contributed by atoms with Gasteiger partial charge in [-0.2, -0.15) is 0 Å². The number of carboxylic acid groups (broad SMARTS) is 1. The van der Waals surface area contributed by atoms with Crippen molar-refractivity contribution in [2.24, 2.45) is 0 Å². The van der Waals surface area contributed by atoms with E-state index >= 15 is 0 Å². The van der Waals surface area contributed by atoms with Gasteiger partial charge in [-0.05, 0) is 57.2 Å². The Balaban J connectivity index is 1.40. The van der Waals surface area contributed by atoms with Crippen LogP contribution in [0, 0.1) is 0 Å². The van der Waals surface area contributed by atoms with Gasteiger partial charge in [0.2, 0.25) is 5.91 Å². The van der Waals surface area contributed by atoms with E-state index in [0.717, 1.165) is 22.3 Å². The van der Waals surface area contributed by atoms with E-state index in [9.17, 15) is 19.5 Å². The predicted molar refractivity (Wildman–Crippen MR) is 135 cm³/mol. The van der Waals surface area contributed by atoms with E-state index in [2.05, 4.69) is 42.5 Å². The number of nitrogens with one attached hydrogen (secondary N) is 2. The van der Waals surface area contributed by atoms with Crippen LogP contribution < -0.4 is 10.6 Å². The Morgan fingerprint density at radius 3 is 2.18 bits per heavy atom. The molecule has 0 aliphatic heterocycles. The molecule has 0 heterocycles. The molecule has 1 aliphatic carbocycles. The summed E-state index contributed by atoms with van der Waals surface area (Å²) in [7, 11) is 0. The number of carbonyl (C=O) groups is 3. The fourth-order valence-corrected chi connectivity index (χ4v) is 5.31. The molecule has 4 rings (SSSR count). The lowest BCUT2D eigenvalue weighted by Gasteiger charge is -2.18. The Kier molecular flexibility index (Phi) is 7.04. The summed E-state index contributed by atoms with van der Waals surface area (Å²) in [5.74, 6) is -1.88. The molecule has 2 amide bonds. The van der Waals surface area contributed by atoms with Crippen LogP contribution in [0.15, 0.2) is 69.6 Å². The second-order valence-electron chi connectivity index (χ2n) is 7.80.